The summed E-state index contributed by atoms with van der Waals surface area (Å²) in [6.07, 6.45) is 0.983. The molecule has 0 saturated carbocycles. The Bertz CT molecular complexity index is 614. The summed E-state index contributed by atoms with van der Waals surface area (Å²) < 4.78 is 11.8. The van der Waals surface area contributed by atoms with Gasteiger partial charge in [0.15, 0.2) is 0 Å². The van der Waals surface area contributed by atoms with Gasteiger partial charge >= 0.3 is 0 Å². The van der Waals surface area contributed by atoms with Crippen molar-refractivity contribution in [1.82, 2.24) is 0 Å². The molecule has 0 aliphatic carbocycles. The van der Waals surface area contributed by atoms with E-state index in [1.165, 1.54) is 5.56 Å². The molecule has 0 atom stereocenters. The Morgan fingerprint density at radius 2 is 1.81 bits per heavy atom. The second kappa shape index (κ2) is 7.36. The maximum atomic E-state index is 5.41. The molecule has 0 aliphatic heterocycles. The second-order valence-corrected chi connectivity index (χ2v) is 5.60. The summed E-state index contributed by atoms with van der Waals surface area (Å²) >= 11 is 3.51. The highest BCUT2D eigenvalue weighted by Crippen LogP contribution is 2.26. The first-order valence-corrected chi connectivity index (χ1v) is 7.70. The average molecular weight is 350 g/mol. The first-order chi connectivity index (χ1) is 10.2. The van der Waals surface area contributed by atoms with E-state index in [4.69, 9.17) is 9.47 Å². The summed E-state index contributed by atoms with van der Waals surface area (Å²) in [6.45, 7) is 2.84. The molecular formula is C17H20BrNO2. The molecule has 0 saturated heterocycles. The molecule has 2 aromatic carbocycles. The van der Waals surface area contributed by atoms with E-state index >= 15 is 0 Å². The van der Waals surface area contributed by atoms with Gasteiger partial charge in [0.2, 0.25) is 0 Å². The molecule has 4 heteroatoms. The van der Waals surface area contributed by atoms with Gasteiger partial charge < -0.3 is 14.8 Å². The number of rotatable bonds is 6. The number of methoxy groups -OCH3 is 2. The molecule has 1 N–H and O–H groups in total. The van der Waals surface area contributed by atoms with Crippen LogP contribution in [0, 0.1) is 0 Å². The minimum atomic E-state index is 0.689. The summed E-state index contributed by atoms with van der Waals surface area (Å²) in [6, 6.07) is 12.1. The zero-order valence-electron chi connectivity index (χ0n) is 12.6. The normalized spacial score (nSPS) is 10.3. The molecule has 0 unspecified atom stereocenters. The zero-order chi connectivity index (χ0) is 15.2. The minimum Gasteiger partial charge on any atom is -0.497 e. The molecule has 112 valence electrons. The standard InChI is InChI=1S/C17H20BrNO2/c1-4-12-9-14(18)5-7-16(12)19-11-13-10-15(20-2)6-8-17(13)21-3/h5-10,19H,4,11H2,1-3H3. The number of nitrogens with one attached hydrogen (secondary N) is 1. The van der Waals surface area contributed by atoms with Crippen LogP contribution in [-0.2, 0) is 13.0 Å². The van der Waals surface area contributed by atoms with Gasteiger partial charge in [-0.2, -0.15) is 0 Å². The first kappa shape index (κ1) is 15.7. The Morgan fingerprint density at radius 3 is 2.48 bits per heavy atom. The SMILES string of the molecule is CCc1cc(Br)ccc1NCc1cc(OC)ccc1OC. The summed E-state index contributed by atoms with van der Waals surface area (Å²) in [5.41, 5.74) is 3.50. The number of anilines is 1. The molecule has 21 heavy (non-hydrogen) atoms. The quantitative estimate of drug-likeness (QED) is 0.823. The van der Waals surface area contributed by atoms with Crippen LogP contribution >= 0.6 is 15.9 Å². The van der Waals surface area contributed by atoms with E-state index in [1.807, 2.05) is 24.3 Å². The van der Waals surface area contributed by atoms with E-state index in [0.29, 0.717) is 6.54 Å². The number of aryl methyl sites for hydroxylation is 1. The third-order valence-corrected chi connectivity index (χ3v) is 3.90. The summed E-state index contributed by atoms with van der Waals surface area (Å²) in [7, 11) is 3.35. The molecule has 0 aromatic heterocycles. The lowest BCUT2D eigenvalue weighted by molar-refractivity contribution is 0.399. The Morgan fingerprint density at radius 1 is 1.00 bits per heavy atom. The third-order valence-electron chi connectivity index (χ3n) is 3.41. The lowest BCUT2D eigenvalue weighted by atomic mass is 10.1. The summed E-state index contributed by atoms with van der Waals surface area (Å²) in [4.78, 5) is 0. The molecule has 0 heterocycles. The highest BCUT2D eigenvalue weighted by molar-refractivity contribution is 9.10. The van der Waals surface area contributed by atoms with Crippen LogP contribution in [-0.4, -0.2) is 14.2 Å². The fourth-order valence-electron chi connectivity index (χ4n) is 2.24. The Labute approximate surface area is 134 Å². The van der Waals surface area contributed by atoms with Crippen molar-refractivity contribution in [2.24, 2.45) is 0 Å². The van der Waals surface area contributed by atoms with Gasteiger partial charge in [-0.25, -0.2) is 0 Å². The third kappa shape index (κ3) is 3.91. The molecule has 0 amide bonds. The smallest absolute Gasteiger partial charge is 0.124 e. The molecular weight excluding hydrogens is 330 g/mol. The number of benzene rings is 2. The van der Waals surface area contributed by atoms with Gasteiger partial charge in [0.25, 0.3) is 0 Å². The molecule has 0 fully saturated rings. The predicted molar refractivity (Wildman–Crippen MR) is 90.4 cm³/mol. The van der Waals surface area contributed by atoms with Crippen LogP contribution in [0.25, 0.3) is 0 Å². The number of hydrogen-bond donors (Lipinski definition) is 1. The van der Waals surface area contributed by atoms with Crippen LogP contribution < -0.4 is 14.8 Å². The van der Waals surface area contributed by atoms with Crippen LogP contribution in [0.3, 0.4) is 0 Å². The van der Waals surface area contributed by atoms with E-state index in [1.54, 1.807) is 14.2 Å². The fourth-order valence-corrected chi connectivity index (χ4v) is 2.65. The van der Waals surface area contributed by atoms with Gasteiger partial charge in [-0.15, -0.1) is 0 Å². The zero-order valence-corrected chi connectivity index (χ0v) is 14.2. The van der Waals surface area contributed by atoms with Crippen molar-refractivity contribution in [2.75, 3.05) is 19.5 Å². The number of ether oxygens (including phenoxy) is 2. The van der Waals surface area contributed by atoms with Gasteiger partial charge in [0.1, 0.15) is 11.5 Å². The van der Waals surface area contributed by atoms with E-state index in [0.717, 1.165) is 33.6 Å². The van der Waals surface area contributed by atoms with Crippen LogP contribution in [0.1, 0.15) is 18.1 Å². The van der Waals surface area contributed by atoms with E-state index in [-0.39, 0.29) is 0 Å². The second-order valence-electron chi connectivity index (χ2n) is 4.69. The van der Waals surface area contributed by atoms with Crippen LogP contribution in [0.15, 0.2) is 40.9 Å². The molecule has 2 aromatic rings. The van der Waals surface area contributed by atoms with Gasteiger partial charge in [-0.1, -0.05) is 22.9 Å². The van der Waals surface area contributed by atoms with Crippen LogP contribution in [0.5, 0.6) is 11.5 Å². The van der Waals surface area contributed by atoms with E-state index < -0.39 is 0 Å². The average Bonchev–Trinajstić information content (AvgIpc) is 2.53. The molecule has 0 spiro atoms. The summed E-state index contributed by atoms with van der Waals surface area (Å²) in [5, 5.41) is 3.48. The van der Waals surface area contributed by atoms with Crippen molar-refractivity contribution in [3.05, 3.63) is 52.0 Å². The largest absolute Gasteiger partial charge is 0.497 e. The predicted octanol–water partition coefficient (Wildman–Crippen LogP) is 4.64. The fraction of sp³-hybridized carbons (Fsp3) is 0.294. The molecule has 0 bridgehead atoms. The van der Waals surface area contributed by atoms with Crippen molar-refractivity contribution < 1.29 is 9.47 Å². The van der Waals surface area contributed by atoms with E-state index in [2.05, 4.69) is 40.3 Å². The number of hydrogen-bond acceptors (Lipinski definition) is 3. The Kier molecular flexibility index (Phi) is 5.51. The molecule has 3 nitrogen and oxygen atoms in total. The summed E-state index contributed by atoms with van der Waals surface area (Å²) in [5.74, 6) is 1.69. The molecule has 2 rings (SSSR count). The molecule has 0 aliphatic rings. The van der Waals surface area contributed by atoms with Gasteiger partial charge in [-0.3, -0.25) is 0 Å². The van der Waals surface area contributed by atoms with Gasteiger partial charge in [0.05, 0.1) is 14.2 Å². The number of halogens is 1. The van der Waals surface area contributed by atoms with Crippen molar-refractivity contribution in [2.45, 2.75) is 19.9 Å². The lowest BCUT2D eigenvalue weighted by Gasteiger charge is -2.14. The van der Waals surface area contributed by atoms with Crippen molar-refractivity contribution >= 4 is 21.6 Å². The van der Waals surface area contributed by atoms with Crippen molar-refractivity contribution in [3.63, 3.8) is 0 Å². The van der Waals surface area contributed by atoms with Crippen molar-refractivity contribution in [3.8, 4) is 11.5 Å². The monoisotopic (exact) mass is 349 g/mol. The highest BCUT2D eigenvalue weighted by Gasteiger charge is 2.07. The maximum absolute atomic E-state index is 5.41. The Balaban J connectivity index is 2.19. The molecule has 0 radical (unpaired) electrons. The van der Waals surface area contributed by atoms with Gasteiger partial charge in [-0.05, 0) is 48.4 Å². The van der Waals surface area contributed by atoms with Crippen LogP contribution in [0.4, 0.5) is 5.69 Å². The van der Waals surface area contributed by atoms with Crippen LogP contribution in [0.2, 0.25) is 0 Å². The topological polar surface area (TPSA) is 30.5 Å². The lowest BCUT2D eigenvalue weighted by Crippen LogP contribution is -2.04. The van der Waals surface area contributed by atoms with Gasteiger partial charge in [0, 0.05) is 22.3 Å². The van der Waals surface area contributed by atoms with Crippen molar-refractivity contribution in [1.29, 1.82) is 0 Å². The Hall–Kier alpha value is -1.68. The first-order valence-electron chi connectivity index (χ1n) is 6.91. The van der Waals surface area contributed by atoms with E-state index in [9.17, 15) is 0 Å². The maximum Gasteiger partial charge on any atom is 0.124 e. The highest BCUT2D eigenvalue weighted by atomic mass is 79.9. The minimum absolute atomic E-state index is 0.689.